The molecule has 0 unspecified atom stereocenters. The van der Waals surface area contributed by atoms with E-state index in [2.05, 4.69) is 0 Å². The molecule has 0 aliphatic rings. The molecule has 0 aliphatic heterocycles. The third kappa shape index (κ3) is 2.47. The van der Waals surface area contributed by atoms with Crippen molar-refractivity contribution in [3.8, 4) is 6.07 Å². The number of rotatable bonds is 1. The number of nitrogens with zero attached hydrogens (tertiary/aromatic N) is 2. The number of pyridine rings is 1. The van der Waals surface area contributed by atoms with Gasteiger partial charge in [0.2, 0.25) is 6.54 Å². The van der Waals surface area contributed by atoms with Crippen LogP contribution in [0.1, 0.15) is 0 Å². The van der Waals surface area contributed by atoms with Crippen LogP contribution in [0.2, 0.25) is 0 Å². The van der Waals surface area contributed by atoms with Crippen LogP contribution in [0, 0.1) is 11.3 Å². The van der Waals surface area contributed by atoms with Gasteiger partial charge in [-0.05, 0) is 0 Å². The Bertz CT molecular complexity index is 215. The molecule has 1 aromatic rings. The summed E-state index contributed by atoms with van der Waals surface area (Å²) >= 11 is 0. The summed E-state index contributed by atoms with van der Waals surface area (Å²) in [7, 11) is 0. The van der Waals surface area contributed by atoms with Gasteiger partial charge < -0.3 is 0 Å². The Kier molecular flexibility index (Phi) is 4.26. The maximum atomic E-state index is 8.25. The highest BCUT2D eigenvalue weighted by molar-refractivity contribution is 5.85. The van der Waals surface area contributed by atoms with Crippen LogP contribution in [-0.2, 0) is 6.54 Å². The summed E-state index contributed by atoms with van der Waals surface area (Å²) in [6.45, 7) is 0.431. The predicted molar refractivity (Wildman–Crippen MR) is 39.5 cm³/mol. The van der Waals surface area contributed by atoms with E-state index in [4.69, 9.17) is 5.26 Å². The largest absolute Gasteiger partial charge is 0.233 e. The van der Waals surface area contributed by atoms with Crippen LogP contribution < -0.4 is 4.57 Å². The molecule has 10 heavy (non-hydrogen) atoms. The number of hydrogen-bond donors (Lipinski definition) is 0. The molecule has 1 heterocycles. The van der Waals surface area contributed by atoms with E-state index in [-0.39, 0.29) is 12.4 Å². The first-order valence-corrected chi connectivity index (χ1v) is 2.74. The lowest BCUT2D eigenvalue weighted by Crippen LogP contribution is -2.31. The molecule has 0 amide bonds. The highest BCUT2D eigenvalue weighted by atomic mass is 35.5. The van der Waals surface area contributed by atoms with Gasteiger partial charge in [-0.15, -0.1) is 12.4 Å². The predicted octanol–water partition coefficient (Wildman–Crippen LogP) is 0.919. The van der Waals surface area contributed by atoms with Crippen LogP contribution in [0.15, 0.2) is 30.6 Å². The number of aromatic nitrogens is 1. The zero-order valence-electron chi connectivity index (χ0n) is 5.40. The van der Waals surface area contributed by atoms with E-state index in [9.17, 15) is 0 Å². The maximum Gasteiger partial charge on any atom is 0.233 e. The van der Waals surface area contributed by atoms with Crippen molar-refractivity contribution >= 4 is 12.4 Å². The molecule has 0 atom stereocenters. The van der Waals surface area contributed by atoms with Crippen molar-refractivity contribution in [1.82, 2.24) is 0 Å². The smallest absolute Gasteiger partial charge is 0.191 e. The molecule has 2 nitrogen and oxygen atoms in total. The van der Waals surface area contributed by atoms with Gasteiger partial charge >= 0.3 is 0 Å². The summed E-state index contributed by atoms with van der Waals surface area (Å²) in [6, 6.07) is 7.77. The van der Waals surface area contributed by atoms with Gasteiger partial charge in [-0.25, -0.2) is 0 Å². The van der Waals surface area contributed by atoms with E-state index in [1.54, 1.807) is 0 Å². The second kappa shape index (κ2) is 4.78. The molecule has 1 aromatic heterocycles. The SMILES string of the molecule is Cl.N#CC[n+]1ccccc1. The average molecular weight is 156 g/mol. The molecule has 1 rings (SSSR count). The Hall–Kier alpha value is -1.07. The van der Waals surface area contributed by atoms with Crippen molar-refractivity contribution in [2.45, 2.75) is 6.54 Å². The second-order valence-electron chi connectivity index (χ2n) is 1.71. The molecule has 0 fully saturated rings. The average Bonchev–Trinajstić information content (AvgIpc) is 1.91. The van der Waals surface area contributed by atoms with Gasteiger partial charge in [0.15, 0.2) is 12.4 Å². The van der Waals surface area contributed by atoms with Crippen molar-refractivity contribution in [1.29, 1.82) is 5.26 Å². The van der Waals surface area contributed by atoms with E-state index < -0.39 is 0 Å². The highest BCUT2D eigenvalue weighted by Crippen LogP contribution is 1.74. The van der Waals surface area contributed by atoms with E-state index in [0.29, 0.717) is 6.54 Å². The van der Waals surface area contributed by atoms with Crippen molar-refractivity contribution in [3.63, 3.8) is 0 Å². The zero-order valence-corrected chi connectivity index (χ0v) is 6.21. The molecular weight excluding hydrogens is 148 g/mol. The van der Waals surface area contributed by atoms with E-state index >= 15 is 0 Å². The Morgan fingerprint density at radius 1 is 1.20 bits per heavy atom. The molecule has 0 saturated heterocycles. The minimum absolute atomic E-state index is 0. The Labute approximate surface area is 66.1 Å². The van der Waals surface area contributed by atoms with Crippen molar-refractivity contribution in [2.75, 3.05) is 0 Å². The van der Waals surface area contributed by atoms with Gasteiger partial charge in [-0.3, -0.25) is 0 Å². The molecule has 52 valence electrons. The lowest BCUT2D eigenvalue weighted by Gasteiger charge is -1.83. The third-order valence-electron chi connectivity index (χ3n) is 1.03. The minimum atomic E-state index is 0. The quantitative estimate of drug-likeness (QED) is 0.555. The van der Waals surface area contributed by atoms with Crippen molar-refractivity contribution in [3.05, 3.63) is 30.6 Å². The summed E-state index contributed by atoms with van der Waals surface area (Å²) < 4.78 is 1.82. The number of nitriles is 1. The molecule has 0 saturated carbocycles. The summed E-state index contributed by atoms with van der Waals surface area (Å²) in [5.74, 6) is 0. The van der Waals surface area contributed by atoms with Crippen LogP contribution in [-0.4, -0.2) is 0 Å². The fraction of sp³-hybridized carbons (Fsp3) is 0.143. The van der Waals surface area contributed by atoms with E-state index in [1.165, 1.54) is 0 Å². The maximum absolute atomic E-state index is 8.25. The lowest BCUT2D eigenvalue weighted by atomic mass is 10.5. The molecular formula is C7H8ClN2+. The van der Waals surface area contributed by atoms with Crippen LogP contribution >= 0.6 is 12.4 Å². The summed E-state index contributed by atoms with van der Waals surface area (Å²) in [6.07, 6.45) is 3.73. The molecule has 0 bridgehead atoms. The monoisotopic (exact) mass is 155 g/mol. The molecule has 0 aromatic carbocycles. The summed E-state index contributed by atoms with van der Waals surface area (Å²) in [5.41, 5.74) is 0. The Morgan fingerprint density at radius 3 is 2.30 bits per heavy atom. The third-order valence-corrected chi connectivity index (χ3v) is 1.03. The molecule has 0 spiro atoms. The first-order valence-electron chi connectivity index (χ1n) is 2.74. The summed E-state index contributed by atoms with van der Waals surface area (Å²) in [4.78, 5) is 0. The van der Waals surface area contributed by atoms with Crippen molar-refractivity contribution in [2.24, 2.45) is 0 Å². The fourth-order valence-electron chi connectivity index (χ4n) is 0.621. The number of hydrogen-bond acceptors (Lipinski definition) is 1. The molecule has 3 heteroatoms. The topological polar surface area (TPSA) is 27.7 Å². The first-order chi connectivity index (χ1) is 4.43. The molecule has 0 aliphatic carbocycles. The van der Waals surface area contributed by atoms with Gasteiger partial charge in [0.25, 0.3) is 0 Å². The molecule has 0 radical (unpaired) electrons. The van der Waals surface area contributed by atoms with Crippen LogP contribution in [0.25, 0.3) is 0 Å². The van der Waals surface area contributed by atoms with Crippen LogP contribution in [0.5, 0.6) is 0 Å². The fourth-order valence-corrected chi connectivity index (χ4v) is 0.621. The lowest BCUT2D eigenvalue weighted by molar-refractivity contribution is -0.685. The Balaban J connectivity index is 0.000000810. The van der Waals surface area contributed by atoms with Crippen molar-refractivity contribution < 1.29 is 4.57 Å². The zero-order chi connectivity index (χ0) is 6.53. The van der Waals surface area contributed by atoms with Gasteiger partial charge in [-0.2, -0.15) is 9.83 Å². The second-order valence-corrected chi connectivity index (χ2v) is 1.71. The standard InChI is InChI=1S/C7H7N2.ClH/c8-4-7-9-5-2-1-3-6-9;/h1-3,5-6H,7H2;1H/q+1;. The van der Waals surface area contributed by atoms with Gasteiger partial charge in [0.1, 0.15) is 6.07 Å². The number of halogens is 1. The van der Waals surface area contributed by atoms with Gasteiger partial charge in [-0.1, -0.05) is 6.07 Å². The van der Waals surface area contributed by atoms with Gasteiger partial charge in [0.05, 0.1) is 0 Å². The minimum Gasteiger partial charge on any atom is -0.191 e. The van der Waals surface area contributed by atoms with Crippen LogP contribution in [0.4, 0.5) is 0 Å². The first kappa shape index (κ1) is 8.93. The van der Waals surface area contributed by atoms with Gasteiger partial charge in [0, 0.05) is 12.1 Å². The van der Waals surface area contributed by atoms with E-state index in [0.717, 1.165) is 0 Å². The summed E-state index contributed by atoms with van der Waals surface area (Å²) in [5, 5.41) is 8.25. The van der Waals surface area contributed by atoms with E-state index in [1.807, 2.05) is 41.2 Å². The molecule has 0 N–H and O–H groups in total. The van der Waals surface area contributed by atoms with Crippen LogP contribution in [0.3, 0.4) is 0 Å². The highest BCUT2D eigenvalue weighted by Gasteiger charge is 1.90. The normalized spacial score (nSPS) is 7.50. The Morgan fingerprint density at radius 2 is 1.80 bits per heavy atom.